The van der Waals surface area contributed by atoms with E-state index in [1.54, 1.807) is 0 Å². The normalized spacial score (nSPS) is 11.1. The first-order valence-corrected chi connectivity index (χ1v) is 5.44. The maximum atomic E-state index is 2.35. The molecule has 0 aliphatic carbocycles. The Morgan fingerprint density at radius 2 is 1.23 bits per heavy atom. The first-order chi connectivity index (χ1) is 5.62. The summed E-state index contributed by atoms with van der Waals surface area (Å²) in [5.41, 5.74) is 0. The molecule has 0 aliphatic heterocycles. The van der Waals surface area contributed by atoms with Crippen molar-refractivity contribution >= 4 is 0 Å². The quantitative estimate of drug-likeness (QED) is 0.409. The highest BCUT2D eigenvalue weighted by atomic mass is 35.5. The number of hydrogen-bond donors (Lipinski definition) is 0. The Hall–Kier alpha value is 0.250. The smallest absolute Gasteiger partial charge is 0.0782 e. The van der Waals surface area contributed by atoms with E-state index in [9.17, 15) is 0 Å². The van der Waals surface area contributed by atoms with Crippen molar-refractivity contribution in [3.8, 4) is 0 Å². The predicted molar refractivity (Wildman–Crippen MR) is 56.3 cm³/mol. The molecule has 0 aromatic rings. The minimum Gasteiger partial charge on any atom is -1.00 e. The molecule has 0 N–H and O–H groups in total. The van der Waals surface area contributed by atoms with Crippen molar-refractivity contribution < 1.29 is 16.9 Å². The second kappa shape index (κ2) is 8.83. The summed E-state index contributed by atoms with van der Waals surface area (Å²) in [7, 11) is 4.70. The van der Waals surface area contributed by atoms with Crippen molar-refractivity contribution in [3.05, 3.63) is 0 Å². The van der Waals surface area contributed by atoms with E-state index in [1.807, 2.05) is 0 Å². The monoisotopic (exact) mass is 207 g/mol. The molecule has 0 fully saturated rings. The highest BCUT2D eigenvalue weighted by Gasteiger charge is 2.12. The average Bonchev–Trinajstić information content (AvgIpc) is 2.01. The fourth-order valence-corrected chi connectivity index (χ4v) is 1.49. The van der Waals surface area contributed by atoms with Crippen molar-refractivity contribution in [1.82, 2.24) is 0 Å². The number of rotatable bonds is 7. The van der Waals surface area contributed by atoms with Crippen LogP contribution in [0.5, 0.6) is 0 Å². The zero-order valence-corrected chi connectivity index (χ0v) is 10.5. The van der Waals surface area contributed by atoms with Gasteiger partial charge in [-0.3, -0.25) is 0 Å². The molecule has 0 unspecified atom stereocenters. The van der Waals surface area contributed by atoms with Crippen LogP contribution in [0.3, 0.4) is 0 Å². The SMILES string of the molecule is CCCCC[N+](C)(C)CCCC.[Cl-]. The Bertz CT molecular complexity index is 102. The third kappa shape index (κ3) is 10.2. The van der Waals surface area contributed by atoms with Crippen LogP contribution in [0, 0.1) is 0 Å². The summed E-state index contributed by atoms with van der Waals surface area (Å²) in [5.74, 6) is 0. The molecule has 0 heterocycles. The Morgan fingerprint density at radius 3 is 1.69 bits per heavy atom. The lowest BCUT2D eigenvalue weighted by Crippen LogP contribution is -3.00. The molecule has 13 heavy (non-hydrogen) atoms. The Morgan fingerprint density at radius 1 is 0.769 bits per heavy atom. The number of unbranched alkanes of at least 4 members (excludes halogenated alkanes) is 3. The molecule has 2 heteroatoms. The van der Waals surface area contributed by atoms with Gasteiger partial charge in [-0.1, -0.05) is 26.7 Å². The second-order valence-corrected chi connectivity index (χ2v) is 4.44. The molecule has 82 valence electrons. The number of nitrogens with zero attached hydrogens (tertiary/aromatic N) is 1. The van der Waals surface area contributed by atoms with Crippen LogP contribution in [0.15, 0.2) is 0 Å². The molecule has 0 aromatic carbocycles. The van der Waals surface area contributed by atoms with Crippen LogP contribution in [0.2, 0.25) is 0 Å². The fraction of sp³-hybridized carbons (Fsp3) is 1.00. The van der Waals surface area contributed by atoms with Crippen LogP contribution >= 0.6 is 0 Å². The van der Waals surface area contributed by atoms with Gasteiger partial charge < -0.3 is 16.9 Å². The van der Waals surface area contributed by atoms with E-state index in [0.29, 0.717) is 0 Å². The number of halogens is 1. The minimum atomic E-state index is 0. The van der Waals surface area contributed by atoms with Crippen molar-refractivity contribution in [1.29, 1.82) is 0 Å². The summed E-state index contributed by atoms with van der Waals surface area (Å²) in [6.07, 6.45) is 6.84. The third-order valence-electron chi connectivity index (χ3n) is 2.48. The van der Waals surface area contributed by atoms with E-state index in [0.717, 1.165) is 0 Å². The van der Waals surface area contributed by atoms with E-state index >= 15 is 0 Å². The summed E-state index contributed by atoms with van der Waals surface area (Å²) in [4.78, 5) is 0. The fourth-order valence-electron chi connectivity index (χ4n) is 1.49. The molecule has 0 atom stereocenters. The van der Waals surface area contributed by atoms with Crippen LogP contribution < -0.4 is 12.4 Å². The molecular formula is C11H26ClN. The molecule has 1 nitrogen and oxygen atoms in total. The Labute approximate surface area is 90.5 Å². The summed E-state index contributed by atoms with van der Waals surface area (Å²) >= 11 is 0. The maximum absolute atomic E-state index is 2.35. The first-order valence-electron chi connectivity index (χ1n) is 5.44. The van der Waals surface area contributed by atoms with Gasteiger partial charge in [-0.05, 0) is 19.3 Å². The molecule has 0 radical (unpaired) electrons. The van der Waals surface area contributed by atoms with E-state index in [1.165, 1.54) is 49.7 Å². The standard InChI is InChI=1S/C11H26N.ClH/c1-5-7-9-11-12(3,4)10-8-6-2;/h5-11H2,1-4H3;1H/q+1;/p-1. The van der Waals surface area contributed by atoms with Crippen molar-refractivity contribution in [3.63, 3.8) is 0 Å². The van der Waals surface area contributed by atoms with Gasteiger partial charge in [0.15, 0.2) is 0 Å². The van der Waals surface area contributed by atoms with Crippen LogP contribution in [-0.2, 0) is 0 Å². The van der Waals surface area contributed by atoms with Gasteiger partial charge in [0.1, 0.15) is 0 Å². The molecule has 0 spiro atoms. The lowest BCUT2D eigenvalue weighted by molar-refractivity contribution is -0.890. The van der Waals surface area contributed by atoms with Gasteiger partial charge in [-0.15, -0.1) is 0 Å². The predicted octanol–water partition coefficient (Wildman–Crippen LogP) is 0.0571. The van der Waals surface area contributed by atoms with Crippen LogP contribution in [0.25, 0.3) is 0 Å². The lowest BCUT2D eigenvalue weighted by atomic mass is 10.2. The van der Waals surface area contributed by atoms with Gasteiger partial charge in [0, 0.05) is 0 Å². The van der Waals surface area contributed by atoms with Crippen molar-refractivity contribution in [2.45, 2.75) is 46.0 Å². The van der Waals surface area contributed by atoms with Crippen molar-refractivity contribution in [2.24, 2.45) is 0 Å². The highest BCUT2D eigenvalue weighted by Crippen LogP contribution is 2.05. The number of hydrogen-bond acceptors (Lipinski definition) is 0. The summed E-state index contributed by atoms with van der Waals surface area (Å²) < 4.78 is 1.22. The average molecular weight is 208 g/mol. The number of quaternary nitrogens is 1. The van der Waals surface area contributed by atoms with Gasteiger partial charge in [0.2, 0.25) is 0 Å². The molecule has 0 saturated carbocycles. The Balaban J connectivity index is 0. The first kappa shape index (κ1) is 15.7. The molecule has 0 bridgehead atoms. The van der Waals surface area contributed by atoms with E-state index in [-0.39, 0.29) is 12.4 Å². The van der Waals surface area contributed by atoms with Crippen LogP contribution in [-0.4, -0.2) is 31.7 Å². The largest absolute Gasteiger partial charge is 1.00 e. The molecular weight excluding hydrogens is 182 g/mol. The molecule has 0 aliphatic rings. The molecule has 0 amide bonds. The van der Waals surface area contributed by atoms with Crippen LogP contribution in [0.1, 0.15) is 46.0 Å². The van der Waals surface area contributed by atoms with E-state index in [4.69, 9.17) is 0 Å². The minimum absolute atomic E-state index is 0. The summed E-state index contributed by atoms with van der Waals surface area (Å²) in [6.45, 7) is 7.24. The van der Waals surface area contributed by atoms with Crippen LogP contribution in [0.4, 0.5) is 0 Å². The van der Waals surface area contributed by atoms with Gasteiger partial charge >= 0.3 is 0 Å². The molecule has 0 aromatic heterocycles. The third-order valence-corrected chi connectivity index (χ3v) is 2.48. The van der Waals surface area contributed by atoms with Gasteiger partial charge in [-0.25, -0.2) is 0 Å². The lowest BCUT2D eigenvalue weighted by Gasteiger charge is -2.29. The maximum Gasteiger partial charge on any atom is 0.0782 e. The topological polar surface area (TPSA) is 0 Å². The molecule has 0 rings (SSSR count). The van der Waals surface area contributed by atoms with Crippen molar-refractivity contribution in [2.75, 3.05) is 27.2 Å². The zero-order chi connectivity index (χ0) is 9.45. The zero-order valence-electron chi connectivity index (χ0n) is 9.77. The Kier molecular flexibility index (Phi) is 10.7. The summed E-state index contributed by atoms with van der Waals surface area (Å²) in [5, 5.41) is 0. The van der Waals surface area contributed by atoms with E-state index in [2.05, 4.69) is 27.9 Å². The van der Waals surface area contributed by atoms with Gasteiger partial charge in [0.05, 0.1) is 27.2 Å². The summed E-state index contributed by atoms with van der Waals surface area (Å²) in [6, 6.07) is 0. The molecule has 0 saturated heterocycles. The highest BCUT2D eigenvalue weighted by molar-refractivity contribution is 4.39. The van der Waals surface area contributed by atoms with Gasteiger partial charge in [-0.2, -0.15) is 0 Å². The second-order valence-electron chi connectivity index (χ2n) is 4.44. The van der Waals surface area contributed by atoms with E-state index < -0.39 is 0 Å². The van der Waals surface area contributed by atoms with Gasteiger partial charge in [0.25, 0.3) is 0 Å².